The van der Waals surface area contributed by atoms with Gasteiger partial charge in [0.05, 0.1) is 11.6 Å². The zero-order valence-electron chi connectivity index (χ0n) is 5.95. The number of carbonyl (C=O) groups excluding carboxylic acids is 1. The van der Waals surface area contributed by atoms with Gasteiger partial charge in [-0.1, -0.05) is 5.16 Å². The topological polar surface area (TPSA) is 43.1 Å². The molecule has 1 aromatic carbocycles. The van der Waals surface area contributed by atoms with Crippen LogP contribution in [-0.4, -0.2) is 11.4 Å². The summed E-state index contributed by atoms with van der Waals surface area (Å²) in [4.78, 5) is 10.5. The molecule has 0 unspecified atom stereocenters. The molecule has 0 radical (unpaired) electrons. The monoisotopic (exact) mass is 225 g/mol. The number of rotatable bonds is 1. The quantitative estimate of drug-likeness (QED) is 0.701. The van der Waals surface area contributed by atoms with E-state index in [0.717, 1.165) is 16.1 Å². The number of aldehydes is 1. The third-order valence-corrected chi connectivity index (χ3v) is 2.51. The third-order valence-electron chi connectivity index (χ3n) is 1.63. The lowest BCUT2D eigenvalue weighted by molar-refractivity contribution is 0.112. The average Bonchev–Trinajstić information content (AvgIpc) is 2.53. The van der Waals surface area contributed by atoms with Crippen LogP contribution in [0.5, 0.6) is 0 Å². The smallest absolute Gasteiger partial charge is 0.168 e. The Morgan fingerprint density at radius 3 is 3.08 bits per heavy atom. The normalized spacial score (nSPS) is 10.4. The van der Waals surface area contributed by atoms with Crippen molar-refractivity contribution in [1.82, 2.24) is 5.16 Å². The zero-order chi connectivity index (χ0) is 8.55. The summed E-state index contributed by atoms with van der Waals surface area (Å²) in [7, 11) is 0. The van der Waals surface area contributed by atoms with Gasteiger partial charge < -0.3 is 4.52 Å². The van der Waals surface area contributed by atoms with Crippen LogP contribution in [-0.2, 0) is 0 Å². The molecule has 12 heavy (non-hydrogen) atoms. The van der Waals surface area contributed by atoms with E-state index in [9.17, 15) is 4.79 Å². The van der Waals surface area contributed by atoms with Crippen LogP contribution in [0.1, 0.15) is 10.4 Å². The summed E-state index contributed by atoms with van der Waals surface area (Å²) in [6, 6.07) is 3.40. The molecule has 0 bridgehead atoms. The lowest BCUT2D eigenvalue weighted by atomic mass is 10.2. The summed E-state index contributed by atoms with van der Waals surface area (Å²) in [5, 5.41) is 4.44. The van der Waals surface area contributed by atoms with Crippen LogP contribution < -0.4 is 0 Å². The summed E-state index contributed by atoms with van der Waals surface area (Å²) in [5.74, 6) is 0. The van der Waals surface area contributed by atoms with Crippen molar-refractivity contribution in [3.05, 3.63) is 28.4 Å². The first kappa shape index (κ1) is 7.49. The number of benzene rings is 1. The SMILES string of the molecule is O=Cc1ccc2oncc2c1Br. The Labute approximate surface area is 76.5 Å². The van der Waals surface area contributed by atoms with E-state index in [4.69, 9.17) is 4.52 Å². The van der Waals surface area contributed by atoms with E-state index in [-0.39, 0.29) is 0 Å². The summed E-state index contributed by atoms with van der Waals surface area (Å²) >= 11 is 3.29. The molecule has 0 saturated carbocycles. The van der Waals surface area contributed by atoms with Gasteiger partial charge in [-0.25, -0.2) is 0 Å². The fraction of sp³-hybridized carbons (Fsp3) is 0. The minimum absolute atomic E-state index is 0.603. The number of aromatic nitrogens is 1. The van der Waals surface area contributed by atoms with E-state index < -0.39 is 0 Å². The van der Waals surface area contributed by atoms with Crippen LogP contribution in [0.25, 0.3) is 11.0 Å². The van der Waals surface area contributed by atoms with Gasteiger partial charge in [0.25, 0.3) is 0 Å². The number of fused-ring (bicyclic) bond motifs is 1. The van der Waals surface area contributed by atoms with E-state index in [1.165, 1.54) is 0 Å². The molecule has 0 N–H and O–H groups in total. The molecule has 1 heterocycles. The van der Waals surface area contributed by atoms with Gasteiger partial charge in [-0.3, -0.25) is 4.79 Å². The Hall–Kier alpha value is -1.16. The van der Waals surface area contributed by atoms with Crippen molar-refractivity contribution in [2.75, 3.05) is 0 Å². The van der Waals surface area contributed by atoms with Crippen molar-refractivity contribution < 1.29 is 9.32 Å². The van der Waals surface area contributed by atoms with Crippen LogP contribution in [0.3, 0.4) is 0 Å². The Kier molecular flexibility index (Phi) is 1.69. The molecule has 0 aliphatic heterocycles. The van der Waals surface area contributed by atoms with Crippen LogP contribution in [0, 0.1) is 0 Å². The first-order valence-electron chi connectivity index (χ1n) is 3.31. The zero-order valence-corrected chi connectivity index (χ0v) is 7.54. The van der Waals surface area contributed by atoms with Crippen LogP contribution in [0.15, 0.2) is 27.3 Å². The van der Waals surface area contributed by atoms with Gasteiger partial charge in [0, 0.05) is 10.0 Å². The molecule has 0 amide bonds. The number of carbonyl (C=O) groups is 1. The van der Waals surface area contributed by atoms with Crippen molar-refractivity contribution in [2.45, 2.75) is 0 Å². The van der Waals surface area contributed by atoms with Crippen molar-refractivity contribution in [3.8, 4) is 0 Å². The highest BCUT2D eigenvalue weighted by Gasteiger charge is 2.06. The van der Waals surface area contributed by atoms with Crippen LogP contribution in [0.2, 0.25) is 0 Å². The highest BCUT2D eigenvalue weighted by Crippen LogP contribution is 2.26. The van der Waals surface area contributed by atoms with E-state index in [0.29, 0.717) is 11.1 Å². The maximum atomic E-state index is 10.5. The lowest BCUT2D eigenvalue weighted by Gasteiger charge is -1.94. The second-order valence-electron chi connectivity index (χ2n) is 2.32. The summed E-state index contributed by atoms with van der Waals surface area (Å²) < 4.78 is 5.63. The van der Waals surface area contributed by atoms with Crippen molar-refractivity contribution in [2.24, 2.45) is 0 Å². The minimum atomic E-state index is 0.603. The van der Waals surface area contributed by atoms with E-state index >= 15 is 0 Å². The molecule has 2 rings (SSSR count). The van der Waals surface area contributed by atoms with Gasteiger partial charge in [-0.15, -0.1) is 0 Å². The second kappa shape index (κ2) is 2.71. The van der Waals surface area contributed by atoms with Crippen LogP contribution >= 0.6 is 15.9 Å². The Balaban J connectivity index is 2.86. The Morgan fingerprint density at radius 2 is 2.33 bits per heavy atom. The summed E-state index contributed by atoms with van der Waals surface area (Å²) in [6.07, 6.45) is 2.36. The summed E-state index contributed by atoms with van der Waals surface area (Å²) in [6.45, 7) is 0. The van der Waals surface area contributed by atoms with Crippen molar-refractivity contribution >= 4 is 33.2 Å². The van der Waals surface area contributed by atoms with Gasteiger partial charge in [0.1, 0.15) is 0 Å². The van der Waals surface area contributed by atoms with Gasteiger partial charge in [-0.2, -0.15) is 0 Å². The van der Waals surface area contributed by atoms with Gasteiger partial charge >= 0.3 is 0 Å². The predicted molar refractivity (Wildman–Crippen MR) is 47.1 cm³/mol. The number of nitrogens with zero attached hydrogens (tertiary/aromatic N) is 1. The molecule has 0 spiro atoms. The maximum Gasteiger partial charge on any atom is 0.168 e. The molecule has 60 valence electrons. The van der Waals surface area contributed by atoms with Crippen LogP contribution in [0.4, 0.5) is 0 Å². The molecule has 0 fully saturated rings. The first-order chi connectivity index (χ1) is 5.83. The molecular formula is C8H4BrNO2. The number of hydrogen-bond donors (Lipinski definition) is 0. The highest BCUT2D eigenvalue weighted by atomic mass is 79.9. The van der Waals surface area contributed by atoms with Crippen molar-refractivity contribution in [1.29, 1.82) is 0 Å². The Bertz CT molecular complexity index is 436. The van der Waals surface area contributed by atoms with E-state index in [1.54, 1.807) is 18.3 Å². The molecule has 0 atom stereocenters. The summed E-state index contributed by atoms with van der Waals surface area (Å²) in [5.41, 5.74) is 1.28. The minimum Gasteiger partial charge on any atom is -0.356 e. The highest BCUT2D eigenvalue weighted by molar-refractivity contribution is 9.10. The fourth-order valence-corrected chi connectivity index (χ4v) is 1.54. The second-order valence-corrected chi connectivity index (χ2v) is 3.12. The van der Waals surface area contributed by atoms with Gasteiger partial charge in [-0.05, 0) is 28.1 Å². The third kappa shape index (κ3) is 0.956. The lowest BCUT2D eigenvalue weighted by Crippen LogP contribution is -1.80. The fourth-order valence-electron chi connectivity index (χ4n) is 1.02. The predicted octanol–water partition coefficient (Wildman–Crippen LogP) is 2.40. The molecule has 1 aromatic heterocycles. The average molecular weight is 226 g/mol. The molecular weight excluding hydrogens is 222 g/mol. The molecule has 0 saturated heterocycles. The molecule has 0 aliphatic rings. The molecule has 4 heteroatoms. The number of hydrogen-bond acceptors (Lipinski definition) is 3. The van der Waals surface area contributed by atoms with E-state index in [1.807, 2.05) is 0 Å². The number of halogens is 1. The molecule has 2 aromatic rings. The van der Waals surface area contributed by atoms with Gasteiger partial charge in [0.15, 0.2) is 11.9 Å². The Morgan fingerprint density at radius 1 is 1.50 bits per heavy atom. The van der Waals surface area contributed by atoms with Crippen molar-refractivity contribution in [3.63, 3.8) is 0 Å². The first-order valence-corrected chi connectivity index (χ1v) is 4.10. The molecule has 3 nitrogen and oxygen atoms in total. The maximum absolute atomic E-state index is 10.5. The largest absolute Gasteiger partial charge is 0.356 e. The van der Waals surface area contributed by atoms with Gasteiger partial charge in [0.2, 0.25) is 0 Å². The molecule has 0 aliphatic carbocycles. The van der Waals surface area contributed by atoms with E-state index in [2.05, 4.69) is 21.1 Å². The standard InChI is InChI=1S/C8H4BrNO2/c9-8-5(4-11)1-2-7-6(8)3-10-12-7/h1-4H.